The molecule has 0 aliphatic carbocycles. The smallest absolute Gasteiger partial charge is 0.0765 e. The van der Waals surface area contributed by atoms with E-state index in [0.29, 0.717) is 12.1 Å². The van der Waals surface area contributed by atoms with Gasteiger partial charge in [0, 0.05) is 44.5 Å². The van der Waals surface area contributed by atoms with Crippen molar-refractivity contribution in [3.05, 3.63) is 18.0 Å². The number of nitrogens with zero attached hydrogens (tertiary/aromatic N) is 3. The molecule has 4 heteroatoms. The Bertz CT molecular complexity index is 347. The molecule has 0 bridgehead atoms. The number of hydrogen-bond acceptors (Lipinski definition) is 3. The van der Waals surface area contributed by atoms with Gasteiger partial charge < -0.3 is 5.32 Å². The molecule has 1 aromatic rings. The Morgan fingerprint density at radius 1 is 1.59 bits per heavy atom. The van der Waals surface area contributed by atoms with Gasteiger partial charge in [-0.15, -0.1) is 0 Å². The molecule has 2 heterocycles. The highest BCUT2D eigenvalue weighted by Gasteiger charge is 2.18. The van der Waals surface area contributed by atoms with Crippen LogP contribution < -0.4 is 5.32 Å². The summed E-state index contributed by atoms with van der Waals surface area (Å²) in [6, 6.07) is 3.27. The average molecular weight is 236 g/mol. The fraction of sp³-hybridized carbons (Fsp3) is 0.769. The van der Waals surface area contributed by atoms with Crippen LogP contribution in [0.4, 0.5) is 0 Å². The molecule has 1 aliphatic heterocycles. The van der Waals surface area contributed by atoms with E-state index in [0.717, 1.165) is 32.6 Å². The van der Waals surface area contributed by atoms with E-state index in [2.05, 4.69) is 53.0 Å². The molecule has 17 heavy (non-hydrogen) atoms. The van der Waals surface area contributed by atoms with Gasteiger partial charge in [0.05, 0.1) is 5.69 Å². The van der Waals surface area contributed by atoms with Crippen LogP contribution in [0.1, 0.15) is 38.9 Å². The molecule has 2 rings (SSSR count). The van der Waals surface area contributed by atoms with Crippen LogP contribution in [-0.2, 0) is 6.54 Å². The first kappa shape index (κ1) is 12.6. The summed E-state index contributed by atoms with van der Waals surface area (Å²) < 4.78 is 2.09. The highest BCUT2D eigenvalue weighted by atomic mass is 15.3. The van der Waals surface area contributed by atoms with Gasteiger partial charge in [0.2, 0.25) is 0 Å². The highest BCUT2D eigenvalue weighted by Crippen LogP contribution is 2.12. The third kappa shape index (κ3) is 3.07. The van der Waals surface area contributed by atoms with E-state index in [-0.39, 0.29) is 0 Å². The molecular weight excluding hydrogens is 212 g/mol. The van der Waals surface area contributed by atoms with E-state index in [4.69, 9.17) is 0 Å². The fourth-order valence-corrected chi connectivity index (χ4v) is 2.22. The Labute approximate surface area is 104 Å². The monoisotopic (exact) mass is 236 g/mol. The Hall–Kier alpha value is -0.870. The quantitative estimate of drug-likeness (QED) is 0.863. The van der Waals surface area contributed by atoms with Crippen molar-refractivity contribution in [3.63, 3.8) is 0 Å². The lowest BCUT2D eigenvalue weighted by molar-refractivity contribution is 0.163. The molecule has 0 spiro atoms. The Morgan fingerprint density at radius 2 is 2.41 bits per heavy atom. The Morgan fingerprint density at radius 3 is 3.12 bits per heavy atom. The molecule has 1 aliphatic rings. The lowest BCUT2D eigenvalue weighted by atomic mass is 10.2. The Kier molecular flexibility index (Phi) is 4.18. The van der Waals surface area contributed by atoms with Gasteiger partial charge in [0.25, 0.3) is 0 Å². The predicted molar refractivity (Wildman–Crippen MR) is 70.0 cm³/mol. The van der Waals surface area contributed by atoms with Gasteiger partial charge in [0.1, 0.15) is 0 Å². The standard InChI is InChI=1S/C13H24N4/c1-4-11(2)17-7-5-13(15-17)10-16-8-6-14-9-12(16)3/h5,7,11-12,14H,4,6,8-10H2,1-3H3/t11?,12-/m1/s1. The largest absolute Gasteiger partial charge is 0.314 e. The van der Waals surface area contributed by atoms with Crippen molar-refractivity contribution in [2.24, 2.45) is 0 Å². The van der Waals surface area contributed by atoms with Crippen LogP contribution in [-0.4, -0.2) is 40.4 Å². The van der Waals surface area contributed by atoms with E-state index < -0.39 is 0 Å². The molecule has 1 N–H and O–H groups in total. The minimum Gasteiger partial charge on any atom is -0.314 e. The number of aromatic nitrogens is 2. The zero-order valence-electron chi connectivity index (χ0n) is 11.2. The molecule has 1 aromatic heterocycles. The summed E-state index contributed by atoms with van der Waals surface area (Å²) in [4.78, 5) is 2.50. The first-order valence-corrected chi connectivity index (χ1v) is 6.69. The van der Waals surface area contributed by atoms with Crippen LogP contribution in [0, 0.1) is 0 Å². The molecule has 96 valence electrons. The second kappa shape index (κ2) is 5.65. The van der Waals surface area contributed by atoms with Gasteiger partial charge in [0.15, 0.2) is 0 Å². The molecule has 1 saturated heterocycles. The molecule has 1 fully saturated rings. The van der Waals surface area contributed by atoms with E-state index in [9.17, 15) is 0 Å². The fourth-order valence-electron chi connectivity index (χ4n) is 2.22. The van der Waals surface area contributed by atoms with E-state index in [1.54, 1.807) is 0 Å². The van der Waals surface area contributed by atoms with Crippen molar-refractivity contribution in [1.29, 1.82) is 0 Å². The van der Waals surface area contributed by atoms with Gasteiger partial charge in [-0.25, -0.2) is 0 Å². The lowest BCUT2D eigenvalue weighted by Gasteiger charge is -2.33. The summed E-state index contributed by atoms with van der Waals surface area (Å²) in [5.74, 6) is 0. The van der Waals surface area contributed by atoms with E-state index in [1.807, 2.05) is 0 Å². The average Bonchev–Trinajstić information content (AvgIpc) is 2.80. The summed E-state index contributed by atoms with van der Waals surface area (Å²) in [5, 5.41) is 8.08. The number of nitrogens with one attached hydrogen (secondary N) is 1. The van der Waals surface area contributed by atoms with Gasteiger partial charge in [-0.2, -0.15) is 5.10 Å². The summed E-state index contributed by atoms with van der Waals surface area (Å²) in [5.41, 5.74) is 1.19. The van der Waals surface area contributed by atoms with Crippen LogP contribution in [0.15, 0.2) is 12.3 Å². The van der Waals surface area contributed by atoms with Crippen molar-refractivity contribution in [1.82, 2.24) is 20.0 Å². The normalized spacial score (nSPS) is 23.8. The van der Waals surface area contributed by atoms with Crippen LogP contribution in [0.3, 0.4) is 0 Å². The SMILES string of the molecule is CCC(C)n1ccc(CN2CCNC[C@H]2C)n1. The second-order valence-corrected chi connectivity index (χ2v) is 5.07. The van der Waals surface area contributed by atoms with Crippen LogP contribution in [0.2, 0.25) is 0 Å². The van der Waals surface area contributed by atoms with Gasteiger partial charge in [-0.3, -0.25) is 9.58 Å². The van der Waals surface area contributed by atoms with Crippen molar-refractivity contribution in [2.75, 3.05) is 19.6 Å². The van der Waals surface area contributed by atoms with Gasteiger partial charge in [-0.05, 0) is 26.3 Å². The maximum absolute atomic E-state index is 4.66. The molecule has 0 amide bonds. The van der Waals surface area contributed by atoms with Gasteiger partial charge in [-0.1, -0.05) is 6.92 Å². The summed E-state index contributed by atoms with van der Waals surface area (Å²) in [6.45, 7) is 11.0. The third-order valence-electron chi connectivity index (χ3n) is 3.71. The summed E-state index contributed by atoms with van der Waals surface area (Å²) in [7, 11) is 0. The number of hydrogen-bond donors (Lipinski definition) is 1. The zero-order valence-corrected chi connectivity index (χ0v) is 11.2. The topological polar surface area (TPSA) is 33.1 Å². The summed E-state index contributed by atoms with van der Waals surface area (Å²) >= 11 is 0. The summed E-state index contributed by atoms with van der Waals surface area (Å²) in [6.07, 6.45) is 3.24. The molecule has 2 atom stereocenters. The van der Waals surface area contributed by atoms with Crippen molar-refractivity contribution >= 4 is 0 Å². The first-order valence-electron chi connectivity index (χ1n) is 6.69. The highest BCUT2D eigenvalue weighted by molar-refractivity contribution is 5.00. The maximum Gasteiger partial charge on any atom is 0.0765 e. The van der Waals surface area contributed by atoms with Crippen molar-refractivity contribution < 1.29 is 0 Å². The molecule has 0 aromatic carbocycles. The molecule has 4 nitrogen and oxygen atoms in total. The maximum atomic E-state index is 4.66. The number of piperazine rings is 1. The molecular formula is C13H24N4. The van der Waals surface area contributed by atoms with Crippen LogP contribution in [0.25, 0.3) is 0 Å². The van der Waals surface area contributed by atoms with Crippen LogP contribution >= 0.6 is 0 Å². The second-order valence-electron chi connectivity index (χ2n) is 5.07. The predicted octanol–water partition coefficient (Wildman–Crippen LogP) is 1.65. The minimum atomic E-state index is 0.504. The molecule has 0 saturated carbocycles. The van der Waals surface area contributed by atoms with Crippen LogP contribution in [0.5, 0.6) is 0 Å². The molecule has 0 radical (unpaired) electrons. The number of rotatable bonds is 4. The Balaban J connectivity index is 1.96. The van der Waals surface area contributed by atoms with E-state index in [1.165, 1.54) is 5.69 Å². The van der Waals surface area contributed by atoms with Crippen molar-refractivity contribution in [3.8, 4) is 0 Å². The molecule has 1 unspecified atom stereocenters. The first-order chi connectivity index (χ1) is 8.20. The third-order valence-corrected chi connectivity index (χ3v) is 3.71. The minimum absolute atomic E-state index is 0.504. The zero-order chi connectivity index (χ0) is 12.3. The van der Waals surface area contributed by atoms with Crippen molar-refractivity contribution in [2.45, 2.75) is 45.8 Å². The van der Waals surface area contributed by atoms with Gasteiger partial charge >= 0.3 is 0 Å². The van der Waals surface area contributed by atoms with E-state index >= 15 is 0 Å². The lowest BCUT2D eigenvalue weighted by Crippen LogP contribution is -2.49.